The van der Waals surface area contributed by atoms with Crippen molar-refractivity contribution in [3.63, 3.8) is 0 Å². The Kier molecular flexibility index (Phi) is 6.99. The van der Waals surface area contributed by atoms with Crippen molar-refractivity contribution in [3.8, 4) is 5.75 Å². The van der Waals surface area contributed by atoms with Crippen LogP contribution in [0.5, 0.6) is 5.75 Å². The minimum absolute atomic E-state index is 0.0481. The number of nitrogens with one attached hydrogen (secondary N) is 1. The predicted octanol–water partition coefficient (Wildman–Crippen LogP) is 1.92. The van der Waals surface area contributed by atoms with Crippen molar-refractivity contribution in [1.82, 2.24) is 10.2 Å². The summed E-state index contributed by atoms with van der Waals surface area (Å²) in [7, 11) is 0. The molecule has 0 aliphatic carbocycles. The van der Waals surface area contributed by atoms with E-state index in [9.17, 15) is 10.2 Å². The fraction of sp³-hybridized carbons (Fsp3) is 0.625. The summed E-state index contributed by atoms with van der Waals surface area (Å²) < 4.78 is 0. The van der Waals surface area contributed by atoms with Gasteiger partial charge in [0.2, 0.25) is 0 Å². The molecule has 4 heteroatoms. The molecule has 0 fully saturated rings. The van der Waals surface area contributed by atoms with Crippen LogP contribution in [0, 0.1) is 0 Å². The molecule has 0 aliphatic rings. The van der Waals surface area contributed by atoms with Gasteiger partial charge in [-0.25, -0.2) is 0 Å². The average Bonchev–Trinajstić information content (AvgIpc) is 2.49. The van der Waals surface area contributed by atoms with E-state index in [1.165, 1.54) is 0 Å². The van der Waals surface area contributed by atoms with Gasteiger partial charge in [0.15, 0.2) is 0 Å². The van der Waals surface area contributed by atoms with Gasteiger partial charge < -0.3 is 20.4 Å². The van der Waals surface area contributed by atoms with E-state index in [4.69, 9.17) is 0 Å². The summed E-state index contributed by atoms with van der Waals surface area (Å²) in [6.07, 6.45) is 0.798. The lowest BCUT2D eigenvalue weighted by Crippen LogP contribution is -2.48. The first kappa shape index (κ1) is 17.0. The number of rotatable bonds is 9. The quantitative estimate of drug-likeness (QED) is 0.647. The minimum atomic E-state index is -0.430. The van der Waals surface area contributed by atoms with Crippen molar-refractivity contribution in [2.75, 3.05) is 32.8 Å². The Morgan fingerprint density at radius 2 is 1.70 bits per heavy atom. The van der Waals surface area contributed by atoms with Gasteiger partial charge in [-0.2, -0.15) is 0 Å². The molecule has 1 atom stereocenters. The monoisotopic (exact) mass is 280 g/mol. The summed E-state index contributed by atoms with van der Waals surface area (Å²) in [6.45, 7) is 10.3. The first-order valence-electron chi connectivity index (χ1n) is 7.49. The van der Waals surface area contributed by atoms with Crippen LogP contribution in [0.4, 0.5) is 0 Å². The summed E-state index contributed by atoms with van der Waals surface area (Å²) in [5, 5.41) is 22.7. The van der Waals surface area contributed by atoms with Crippen LogP contribution in [-0.2, 0) is 5.54 Å². The Morgan fingerprint density at radius 3 is 2.15 bits per heavy atom. The molecular weight excluding hydrogens is 252 g/mol. The van der Waals surface area contributed by atoms with Crippen molar-refractivity contribution in [2.24, 2.45) is 0 Å². The van der Waals surface area contributed by atoms with Gasteiger partial charge in [0.25, 0.3) is 0 Å². The molecule has 0 radical (unpaired) electrons. The van der Waals surface area contributed by atoms with Gasteiger partial charge in [-0.15, -0.1) is 0 Å². The maximum absolute atomic E-state index is 9.84. The number of phenols is 1. The molecule has 4 nitrogen and oxygen atoms in total. The molecule has 0 bridgehead atoms. The number of aliphatic hydroxyl groups is 1. The van der Waals surface area contributed by atoms with Gasteiger partial charge in [-0.3, -0.25) is 0 Å². The van der Waals surface area contributed by atoms with Gasteiger partial charge in [0.1, 0.15) is 5.75 Å². The maximum Gasteiger partial charge on any atom is 0.115 e. The number of benzene rings is 1. The second-order valence-corrected chi connectivity index (χ2v) is 5.09. The summed E-state index contributed by atoms with van der Waals surface area (Å²) in [6, 6.07) is 7.09. The largest absolute Gasteiger partial charge is 0.508 e. The van der Waals surface area contributed by atoms with Crippen LogP contribution in [0.2, 0.25) is 0 Å². The van der Waals surface area contributed by atoms with E-state index < -0.39 is 5.54 Å². The number of aliphatic hydroxyl groups excluding tert-OH is 1. The van der Waals surface area contributed by atoms with E-state index in [2.05, 4.69) is 31.0 Å². The van der Waals surface area contributed by atoms with Crippen LogP contribution in [0.15, 0.2) is 24.3 Å². The zero-order chi connectivity index (χ0) is 15.0. The maximum atomic E-state index is 9.84. The van der Waals surface area contributed by atoms with Gasteiger partial charge >= 0.3 is 0 Å². The van der Waals surface area contributed by atoms with Gasteiger partial charge in [-0.1, -0.05) is 32.9 Å². The molecule has 0 heterocycles. The second kappa shape index (κ2) is 8.25. The highest BCUT2D eigenvalue weighted by molar-refractivity contribution is 5.31. The fourth-order valence-electron chi connectivity index (χ4n) is 2.46. The second-order valence-electron chi connectivity index (χ2n) is 5.09. The average molecular weight is 280 g/mol. The van der Waals surface area contributed by atoms with Crippen LogP contribution in [0.25, 0.3) is 0 Å². The number of nitrogens with zero attached hydrogens (tertiary/aromatic N) is 1. The minimum Gasteiger partial charge on any atom is -0.508 e. The van der Waals surface area contributed by atoms with Crippen LogP contribution in [-0.4, -0.2) is 47.9 Å². The van der Waals surface area contributed by atoms with Crippen LogP contribution >= 0.6 is 0 Å². The highest BCUT2D eigenvalue weighted by Gasteiger charge is 2.28. The van der Waals surface area contributed by atoms with E-state index in [1.807, 2.05) is 12.1 Å². The van der Waals surface area contributed by atoms with Crippen LogP contribution in [0.1, 0.15) is 32.8 Å². The molecule has 1 unspecified atom stereocenters. The Bertz CT molecular complexity index is 371. The zero-order valence-corrected chi connectivity index (χ0v) is 12.9. The standard InChI is InChI=1S/C16H28N2O2/c1-4-16(13-19,14-7-9-15(20)10-8-14)17-11-12-18(5-2)6-3/h7-10,17,19-20H,4-6,11-13H2,1-3H3. The molecule has 114 valence electrons. The van der Waals surface area contributed by atoms with E-state index >= 15 is 0 Å². The first-order valence-corrected chi connectivity index (χ1v) is 7.49. The molecular formula is C16H28N2O2. The Labute approximate surface area is 122 Å². The van der Waals surface area contributed by atoms with E-state index in [0.717, 1.165) is 38.2 Å². The number of hydrogen-bond acceptors (Lipinski definition) is 4. The smallest absolute Gasteiger partial charge is 0.115 e. The molecule has 0 amide bonds. The molecule has 0 saturated carbocycles. The molecule has 0 saturated heterocycles. The molecule has 1 rings (SSSR count). The van der Waals surface area contributed by atoms with Crippen molar-refractivity contribution < 1.29 is 10.2 Å². The van der Waals surface area contributed by atoms with Gasteiger partial charge in [0.05, 0.1) is 12.1 Å². The molecule has 0 spiro atoms. The van der Waals surface area contributed by atoms with Crippen LogP contribution < -0.4 is 5.32 Å². The molecule has 1 aromatic rings. The number of hydrogen-bond donors (Lipinski definition) is 3. The van der Waals surface area contributed by atoms with Crippen molar-refractivity contribution in [2.45, 2.75) is 32.7 Å². The molecule has 0 aromatic heterocycles. The number of aromatic hydroxyl groups is 1. The van der Waals surface area contributed by atoms with E-state index in [0.29, 0.717) is 0 Å². The third-order valence-electron chi connectivity index (χ3n) is 4.08. The topological polar surface area (TPSA) is 55.7 Å². The molecule has 0 aliphatic heterocycles. The molecule has 1 aromatic carbocycles. The van der Waals surface area contributed by atoms with Gasteiger partial charge in [0, 0.05) is 13.1 Å². The SMILES string of the molecule is CCN(CC)CCNC(CC)(CO)c1ccc(O)cc1. The summed E-state index contributed by atoms with van der Waals surface area (Å²) in [5.74, 6) is 0.250. The first-order chi connectivity index (χ1) is 9.61. The lowest BCUT2D eigenvalue weighted by molar-refractivity contribution is 0.149. The summed E-state index contributed by atoms with van der Waals surface area (Å²) in [5.41, 5.74) is 0.584. The Morgan fingerprint density at radius 1 is 1.10 bits per heavy atom. The van der Waals surface area contributed by atoms with E-state index in [-0.39, 0.29) is 12.4 Å². The zero-order valence-electron chi connectivity index (χ0n) is 12.9. The van der Waals surface area contributed by atoms with Crippen LogP contribution in [0.3, 0.4) is 0 Å². The lowest BCUT2D eigenvalue weighted by atomic mass is 9.88. The fourth-order valence-corrected chi connectivity index (χ4v) is 2.46. The molecule has 3 N–H and O–H groups in total. The Balaban J connectivity index is 2.74. The summed E-state index contributed by atoms with van der Waals surface area (Å²) >= 11 is 0. The predicted molar refractivity (Wildman–Crippen MR) is 83.0 cm³/mol. The normalized spacial score (nSPS) is 14.4. The molecule has 20 heavy (non-hydrogen) atoms. The van der Waals surface area contributed by atoms with Crippen molar-refractivity contribution in [1.29, 1.82) is 0 Å². The number of likely N-dealkylation sites (N-methyl/N-ethyl adjacent to an activating group) is 1. The highest BCUT2D eigenvalue weighted by atomic mass is 16.3. The highest BCUT2D eigenvalue weighted by Crippen LogP contribution is 2.26. The van der Waals surface area contributed by atoms with Gasteiger partial charge in [-0.05, 0) is 37.2 Å². The lowest BCUT2D eigenvalue weighted by Gasteiger charge is -2.34. The van der Waals surface area contributed by atoms with Crippen molar-refractivity contribution >= 4 is 0 Å². The van der Waals surface area contributed by atoms with E-state index in [1.54, 1.807) is 12.1 Å². The Hall–Kier alpha value is -1.10. The third kappa shape index (κ3) is 4.20. The summed E-state index contributed by atoms with van der Waals surface area (Å²) in [4.78, 5) is 2.35. The third-order valence-corrected chi connectivity index (χ3v) is 4.08. The number of phenolic OH excluding ortho intramolecular Hbond substituents is 1. The van der Waals surface area contributed by atoms with Crippen molar-refractivity contribution in [3.05, 3.63) is 29.8 Å².